The van der Waals surface area contributed by atoms with Crippen molar-refractivity contribution in [3.63, 3.8) is 0 Å². The van der Waals surface area contributed by atoms with E-state index in [0.29, 0.717) is 5.75 Å². The SMILES string of the molecule is COc1ccc(C(C(=C=N)[N+](=O)[O-])C(=C=N)[N+](=O)[O-])cc1. The van der Waals surface area contributed by atoms with Gasteiger partial charge in [-0.05, 0) is 17.7 Å². The van der Waals surface area contributed by atoms with Crippen molar-refractivity contribution in [2.45, 2.75) is 5.92 Å². The predicted octanol–water partition coefficient (Wildman–Crippen LogP) is 1.60. The van der Waals surface area contributed by atoms with E-state index < -0.39 is 27.2 Å². The van der Waals surface area contributed by atoms with E-state index in [4.69, 9.17) is 15.6 Å². The fourth-order valence-corrected chi connectivity index (χ4v) is 1.69. The van der Waals surface area contributed by atoms with Gasteiger partial charge in [0.2, 0.25) is 0 Å². The zero-order chi connectivity index (χ0) is 16.0. The Hall–Kier alpha value is -3.28. The molecule has 0 spiro atoms. The molecule has 0 saturated carbocycles. The molecule has 0 unspecified atom stereocenters. The molecular formula is C12H10N4O5. The predicted molar refractivity (Wildman–Crippen MR) is 72.2 cm³/mol. The fraction of sp³-hybridized carbons (Fsp3) is 0.167. The first-order valence-electron chi connectivity index (χ1n) is 5.48. The smallest absolute Gasteiger partial charge is 0.325 e. The lowest BCUT2D eigenvalue weighted by atomic mass is 9.93. The number of hydrogen-bond donors (Lipinski definition) is 2. The lowest BCUT2D eigenvalue weighted by Crippen LogP contribution is -2.18. The molecule has 0 amide bonds. The number of rotatable bonds is 6. The molecule has 1 aromatic carbocycles. The first-order valence-corrected chi connectivity index (χ1v) is 5.48. The Kier molecular flexibility index (Phi) is 5.08. The van der Waals surface area contributed by atoms with Gasteiger partial charge in [-0.25, -0.2) is 0 Å². The monoisotopic (exact) mass is 290 g/mol. The van der Waals surface area contributed by atoms with Crippen LogP contribution in [0.5, 0.6) is 5.75 Å². The zero-order valence-corrected chi connectivity index (χ0v) is 10.8. The molecule has 2 N–H and O–H groups in total. The van der Waals surface area contributed by atoms with Crippen LogP contribution in [-0.2, 0) is 0 Å². The quantitative estimate of drug-likeness (QED) is 0.464. The van der Waals surface area contributed by atoms with Gasteiger partial charge in [0.25, 0.3) is 0 Å². The third-order valence-electron chi connectivity index (χ3n) is 2.65. The maximum Gasteiger partial charge on any atom is 0.325 e. The van der Waals surface area contributed by atoms with E-state index in [0.717, 1.165) is 0 Å². The van der Waals surface area contributed by atoms with Crippen LogP contribution in [0.4, 0.5) is 0 Å². The average molecular weight is 290 g/mol. The van der Waals surface area contributed by atoms with Crippen molar-refractivity contribution in [3.8, 4) is 5.75 Å². The summed E-state index contributed by atoms with van der Waals surface area (Å²) in [5.74, 6) is 2.11. The van der Waals surface area contributed by atoms with Crippen molar-refractivity contribution in [1.29, 1.82) is 10.8 Å². The molecule has 0 bridgehead atoms. The van der Waals surface area contributed by atoms with Gasteiger partial charge >= 0.3 is 11.4 Å². The molecule has 0 aliphatic carbocycles. The van der Waals surface area contributed by atoms with Crippen molar-refractivity contribution in [1.82, 2.24) is 0 Å². The Morgan fingerprint density at radius 1 is 1.10 bits per heavy atom. The molecule has 0 radical (unpaired) electrons. The molecule has 0 aliphatic rings. The van der Waals surface area contributed by atoms with E-state index in [1.165, 1.54) is 31.4 Å². The summed E-state index contributed by atoms with van der Waals surface area (Å²) in [6, 6.07) is 5.69. The third-order valence-corrected chi connectivity index (χ3v) is 2.65. The van der Waals surface area contributed by atoms with Gasteiger partial charge in [-0.15, -0.1) is 0 Å². The summed E-state index contributed by atoms with van der Waals surface area (Å²) in [6.45, 7) is 0. The summed E-state index contributed by atoms with van der Waals surface area (Å²) in [5, 5.41) is 35.9. The molecule has 21 heavy (non-hydrogen) atoms. The molecule has 0 saturated heterocycles. The van der Waals surface area contributed by atoms with E-state index in [1.54, 1.807) is 11.7 Å². The molecule has 9 nitrogen and oxygen atoms in total. The second-order valence-corrected chi connectivity index (χ2v) is 3.74. The van der Waals surface area contributed by atoms with Gasteiger partial charge in [-0.3, -0.25) is 31.0 Å². The summed E-state index contributed by atoms with van der Waals surface area (Å²) in [5.41, 5.74) is -1.52. The number of benzene rings is 1. The highest BCUT2D eigenvalue weighted by Crippen LogP contribution is 2.31. The minimum absolute atomic E-state index is 0.161. The summed E-state index contributed by atoms with van der Waals surface area (Å²) in [6.07, 6.45) is 0. The van der Waals surface area contributed by atoms with Crippen LogP contribution in [0.3, 0.4) is 0 Å². The Morgan fingerprint density at radius 2 is 1.52 bits per heavy atom. The van der Waals surface area contributed by atoms with Gasteiger partial charge in [0.1, 0.15) is 5.75 Å². The Balaban J connectivity index is 3.50. The highest BCUT2D eigenvalue weighted by molar-refractivity contribution is 5.63. The summed E-state index contributed by atoms with van der Waals surface area (Å²) in [4.78, 5) is 20.0. The molecule has 0 aliphatic heterocycles. The Morgan fingerprint density at radius 3 is 1.81 bits per heavy atom. The molecule has 0 fully saturated rings. The van der Waals surface area contributed by atoms with Crippen LogP contribution in [-0.4, -0.2) is 28.7 Å². The largest absolute Gasteiger partial charge is 0.497 e. The van der Waals surface area contributed by atoms with Crippen LogP contribution >= 0.6 is 0 Å². The van der Waals surface area contributed by atoms with Gasteiger partial charge < -0.3 is 4.74 Å². The Labute approximate surface area is 118 Å². The molecule has 108 valence electrons. The molecule has 9 heteroatoms. The van der Waals surface area contributed by atoms with Crippen LogP contribution in [0.1, 0.15) is 11.5 Å². The van der Waals surface area contributed by atoms with Crippen molar-refractivity contribution >= 4 is 11.7 Å². The maximum atomic E-state index is 10.9. The molecule has 1 rings (SSSR count). The number of ether oxygens (including phenoxy) is 1. The summed E-state index contributed by atoms with van der Waals surface area (Å²) >= 11 is 0. The van der Waals surface area contributed by atoms with Gasteiger partial charge in [0.05, 0.1) is 28.7 Å². The molecule has 1 aromatic rings. The average Bonchev–Trinajstić information content (AvgIpc) is 2.46. The second kappa shape index (κ2) is 6.76. The minimum Gasteiger partial charge on any atom is -0.497 e. The normalized spacial score (nSPS) is 10.7. The number of nitro groups is 2. The Bertz CT molecular complexity index is 633. The van der Waals surface area contributed by atoms with Crippen molar-refractivity contribution < 1.29 is 14.6 Å². The van der Waals surface area contributed by atoms with Gasteiger partial charge in [0.15, 0.2) is 5.92 Å². The maximum absolute atomic E-state index is 10.9. The van der Waals surface area contributed by atoms with E-state index >= 15 is 0 Å². The molecule has 0 atom stereocenters. The third kappa shape index (κ3) is 3.38. The lowest BCUT2D eigenvalue weighted by Gasteiger charge is -2.10. The van der Waals surface area contributed by atoms with Crippen molar-refractivity contribution in [2.24, 2.45) is 0 Å². The van der Waals surface area contributed by atoms with Crippen LogP contribution in [0.2, 0.25) is 0 Å². The second-order valence-electron chi connectivity index (χ2n) is 3.74. The first kappa shape index (κ1) is 15.8. The highest BCUT2D eigenvalue weighted by Gasteiger charge is 2.38. The first-order chi connectivity index (χ1) is 9.96. The van der Waals surface area contributed by atoms with Crippen LogP contribution in [0.25, 0.3) is 0 Å². The van der Waals surface area contributed by atoms with E-state index in [2.05, 4.69) is 0 Å². The van der Waals surface area contributed by atoms with Crippen LogP contribution < -0.4 is 4.74 Å². The zero-order valence-electron chi connectivity index (χ0n) is 10.8. The summed E-state index contributed by atoms with van der Waals surface area (Å²) in [7, 11) is 1.42. The highest BCUT2D eigenvalue weighted by atomic mass is 16.6. The topological polar surface area (TPSA) is 143 Å². The number of hydrogen-bond acceptors (Lipinski definition) is 7. The standard InChI is InChI=1S/C12H10N4O5/c1-21-9-4-2-8(3-5-9)12(10(6-13)15(17)18)11(7-14)16(19)20/h2-5,12-14H,1H3. The number of methoxy groups -OCH3 is 1. The van der Waals surface area contributed by atoms with Gasteiger partial charge in [-0.2, -0.15) is 0 Å². The van der Waals surface area contributed by atoms with Gasteiger partial charge in [-0.1, -0.05) is 12.1 Å². The minimum atomic E-state index is -1.52. The van der Waals surface area contributed by atoms with Crippen molar-refractivity contribution in [2.75, 3.05) is 7.11 Å². The van der Waals surface area contributed by atoms with E-state index in [9.17, 15) is 20.2 Å². The van der Waals surface area contributed by atoms with Crippen molar-refractivity contribution in [3.05, 3.63) is 61.5 Å². The molecular weight excluding hydrogens is 280 g/mol. The van der Waals surface area contributed by atoms with E-state index in [-0.39, 0.29) is 5.56 Å². The molecule has 0 heterocycles. The number of nitrogens with zero attached hydrogens (tertiary/aromatic N) is 2. The van der Waals surface area contributed by atoms with Crippen LogP contribution in [0.15, 0.2) is 35.7 Å². The molecule has 0 aromatic heterocycles. The summed E-state index contributed by atoms with van der Waals surface area (Å²) < 4.78 is 4.93. The van der Waals surface area contributed by atoms with Crippen LogP contribution in [0, 0.1) is 31.0 Å². The van der Waals surface area contributed by atoms with Gasteiger partial charge in [0, 0.05) is 0 Å². The lowest BCUT2D eigenvalue weighted by molar-refractivity contribution is -0.450. The number of nitrogens with one attached hydrogen (secondary N) is 2. The van der Waals surface area contributed by atoms with E-state index in [1.807, 2.05) is 0 Å². The fourth-order valence-electron chi connectivity index (χ4n) is 1.69.